The van der Waals surface area contributed by atoms with E-state index in [4.69, 9.17) is 29.0 Å². The van der Waals surface area contributed by atoms with E-state index in [1.807, 2.05) is 18.2 Å². The summed E-state index contributed by atoms with van der Waals surface area (Å²) >= 11 is 3.58. The fourth-order valence-corrected chi connectivity index (χ4v) is 17.3. The van der Waals surface area contributed by atoms with E-state index >= 15 is 0 Å². The lowest BCUT2D eigenvalue weighted by molar-refractivity contribution is 0.397. The fraction of sp³-hybridized carbons (Fsp3) is 0.211. The van der Waals surface area contributed by atoms with Gasteiger partial charge in [0.1, 0.15) is 23.0 Å². The predicted octanol–water partition coefficient (Wildman–Crippen LogP) is 19.2. The van der Waals surface area contributed by atoms with Crippen LogP contribution in [0.25, 0.3) is 86.9 Å². The maximum atomic E-state index is 8.74. The van der Waals surface area contributed by atoms with Gasteiger partial charge in [0.05, 0.1) is 34.0 Å². The summed E-state index contributed by atoms with van der Waals surface area (Å²) in [5.74, 6) is 3.33. The third-order valence-corrected chi connectivity index (χ3v) is 21.1. The third kappa shape index (κ3) is 13.1. The maximum Gasteiger partial charge on any atom is 0.488 e. The van der Waals surface area contributed by atoms with Gasteiger partial charge < -0.3 is 29.0 Å². The summed E-state index contributed by atoms with van der Waals surface area (Å²) in [5, 5.41) is 34.8. The average Bonchev–Trinajstić information content (AvgIpc) is 2.50. The lowest BCUT2D eigenvalue weighted by atomic mass is 9.80. The molecule has 0 saturated heterocycles. The van der Waals surface area contributed by atoms with E-state index < -0.39 is 7.12 Å². The van der Waals surface area contributed by atoms with E-state index in [-0.39, 0.29) is 7.92 Å². The van der Waals surface area contributed by atoms with Crippen LogP contribution < -0.4 is 29.7 Å². The predicted molar refractivity (Wildman–Crippen MR) is 366 cm³/mol. The molecule has 428 valence electrons. The van der Waals surface area contributed by atoms with E-state index in [0.29, 0.717) is 11.2 Å². The molecule has 12 aromatic carbocycles. The second-order valence-corrected chi connectivity index (χ2v) is 25.7. The van der Waals surface area contributed by atoms with E-state index in [1.54, 1.807) is 50.9 Å². The molecule has 12 aromatic rings. The highest BCUT2D eigenvalue weighted by Gasteiger charge is 2.34. The molecule has 2 aliphatic carbocycles. The number of hydrogen-bond donors (Lipinski definition) is 2. The van der Waals surface area contributed by atoms with Crippen molar-refractivity contribution in [1.82, 2.24) is 0 Å². The Balaban J connectivity index is 0.000000124. The summed E-state index contributed by atoms with van der Waals surface area (Å²) in [7, 11) is 5.17. The first-order chi connectivity index (χ1) is 41.8. The highest BCUT2D eigenvalue weighted by molar-refractivity contribution is 9.10. The molecule has 0 radical (unpaired) electrons. The van der Waals surface area contributed by atoms with Crippen LogP contribution in [0, 0.1) is 0 Å². The van der Waals surface area contributed by atoms with Crippen LogP contribution in [-0.4, -0.2) is 56.9 Å². The summed E-state index contributed by atoms with van der Waals surface area (Å²) in [6.07, 6.45) is 14.2. The Hall–Kier alpha value is -7.71. The summed E-state index contributed by atoms with van der Waals surface area (Å²) in [5.41, 5.74) is 7.04. The Labute approximate surface area is 510 Å². The van der Waals surface area contributed by atoms with Crippen molar-refractivity contribution in [3.63, 3.8) is 0 Å². The summed E-state index contributed by atoms with van der Waals surface area (Å²) in [6.45, 7) is 0. The molecule has 2 N–H and O–H groups in total. The van der Waals surface area contributed by atoms with Crippen LogP contribution in [0.4, 0.5) is 0 Å². The van der Waals surface area contributed by atoms with Gasteiger partial charge in [-0.2, -0.15) is 0 Å². The molecule has 0 bridgehead atoms. The Morgan fingerprint density at radius 3 is 1.25 bits per heavy atom. The van der Waals surface area contributed by atoms with Crippen LogP contribution in [-0.2, 0) is 0 Å². The second kappa shape index (κ2) is 28.0. The van der Waals surface area contributed by atoms with Gasteiger partial charge >= 0.3 is 7.12 Å². The molecule has 2 fully saturated rings. The van der Waals surface area contributed by atoms with Gasteiger partial charge in [0.2, 0.25) is 0 Å². The van der Waals surface area contributed by atoms with Gasteiger partial charge in [-0.15, -0.1) is 0 Å². The lowest BCUT2D eigenvalue weighted by Gasteiger charge is -2.39. The van der Waals surface area contributed by atoms with Crippen molar-refractivity contribution < 1.29 is 29.0 Å². The molecule has 0 aromatic heterocycles. The van der Waals surface area contributed by atoms with Crippen LogP contribution in [0.3, 0.4) is 0 Å². The zero-order valence-corrected chi connectivity index (χ0v) is 51.5. The number of halogens is 1. The molecule has 6 nitrogen and oxygen atoms in total. The fourth-order valence-electron chi connectivity index (χ4n) is 13.0. The van der Waals surface area contributed by atoms with Crippen LogP contribution in [0.15, 0.2) is 229 Å². The molecule has 85 heavy (non-hydrogen) atoms. The zero-order chi connectivity index (χ0) is 58.7. The van der Waals surface area contributed by atoms with E-state index in [0.717, 1.165) is 38.6 Å². The SMILES string of the molecule is Brc1ccc2c3ccccc3c3ccccc3c2c1.COc1cccc(-c2ccc3c4ccccc4c4ccccc4c3c2)c1.COc1cccc(B(O)O)c1.COc1cccc(OC)c1-c1ccccc1P(C1CCCCC1)C1CCCCC1. The molecule has 0 unspecified atom stereocenters. The molecule has 0 atom stereocenters. The first-order valence-corrected chi connectivity index (χ1v) is 32.1. The van der Waals surface area contributed by atoms with Gasteiger partial charge in [0, 0.05) is 4.47 Å². The highest BCUT2D eigenvalue weighted by atomic mass is 79.9. The van der Waals surface area contributed by atoms with Gasteiger partial charge in [-0.3, -0.25) is 0 Å². The molecular formula is C76H73BBrO6P. The zero-order valence-electron chi connectivity index (χ0n) is 49.0. The van der Waals surface area contributed by atoms with Crippen LogP contribution in [0.5, 0.6) is 23.0 Å². The van der Waals surface area contributed by atoms with Crippen LogP contribution in [0.2, 0.25) is 0 Å². The van der Waals surface area contributed by atoms with Crippen molar-refractivity contribution in [3.8, 4) is 45.3 Å². The normalized spacial score (nSPS) is 13.6. The van der Waals surface area contributed by atoms with Crippen molar-refractivity contribution >= 4 is 106 Å². The van der Waals surface area contributed by atoms with Gasteiger partial charge in [-0.1, -0.05) is 232 Å². The van der Waals surface area contributed by atoms with E-state index in [2.05, 4.69) is 198 Å². The first kappa shape index (κ1) is 59.0. The first-order valence-electron chi connectivity index (χ1n) is 29.8. The molecule has 0 heterocycles. The smallest absolute Gasteiger partial charge is 0.488 e. The van der Waals surface area contributed by atoms with Crippen molar-refractivity contribution in [2.75, 3.05) is 28.4 Å². The molecule has 0 amide bonds. The standard InChI is InChI=1S/C26H35O2P.C25H18O.C18H11Br.C7H9BO3/c1-27-23-17-11-18-24(28-2)26(23)22-16-9-10-19-25(22)29(20-12-5-3-6-13-20)21-14-7-4-8-15-21;1-26-19-8-6-7-17(15-19)18-13-14-24-22-11-3-2-9-20(22)21-10-4-5-12-23(21)25(24)16-18;19-12-9-10-17-15-7-2-1-5-13(15)14-6-3-4-8-16(14)18(17)11-12;1-11-7-4-2-3-6(5-7)8(9)10/h9-11,16-21H,3-8,12-15H2,1-2H3;2-16H,1H3;1-11H;2-5,9-10H,1H3. The number of rotatable bonds is 10. The minimum Gasteiger partial charge on any atom is -0.497 e. The molecule has 0 aliphatic heterocycles. The Morgan fingerprint density at radius 1 is 0.365 bits per heavy atom. The summed E-state index contributed by atoms with van der Waals surface area (Å²) < 4.78 is 23.0. The van der Waals surface area contributed by atoms with Crippen molar-refractivity contribution in [1.29, 1.82) is 0 Å². The third-order valence-electron chi connectivity index (χ3n) is 17.1. The highest BCUT2D eigenvalue weighted by Crippen LogP contribution is 2.57. The van der Waals surface area contributed by atoms with Crippen LogP contribution in [0.1, 0.15) is 64.2 Å². The van der Waals surface area contributed by atoms with E-state index in [1.165, 1.54) is 153 Å². The van der Waals surface area contributed by atoms with Crippen molar-refractivity contribution in [2.24, 2.45) is 0 Å². The second-order valence-electron chi connectivity index (χ2n) is 22.1. The molecule has 9 heteroatoms. The van der Waals surface area contributed by atoms with Gasteiger partial charge in [-0.05, 0) is 184 Å². The monoisotopic (exact) mass is 1200 g/mol. The molecule has 2 aliphatic rings. The molecule has 14 rings (SSSR count). The summed E-state index contributed by atoms with van der Waals surface area (Å²) in [6, 6.07) is 78.1. The van der Waals surface area contributed by atoms with Gasteiger partial charge in [-0.25, -0.2) is 0 Å². The minimum atomic E-state index is -1.43. The average molecular weight is 1200 g/mol. The van der Waals surface area contributed by atoms with Crippen molar-refractivity contribution in [2.45, 2.75) is 75.5 Å². The Bertz CT molecular complexity index is 4140. The number of hydrogen-bond acceptors (Lipinski definition) is 6. The molecule has 0 spiro atoms. The Kier molecular flexibility index (Phi) is 19.4. The number of methoxy groups -OCH3 is 4. The van der Waals surface area contributed by atoms with Crippen molar-refractivity contribution in [3.05, 3.63) is 229 Å². The lowest BCUT2D eigenvalue weighted by Crippen LogP contribution is -2.29. The Morgan fingerprint density at radius 2 is 0.765 bits per heavy atom. The largest absolute Gasteiger partial charge is 0.497 e. The number of fused-ring (bicyclic) bond motifs is 12. The van der Waals surface area contributed by atoms with Gasteiger partial charge in [0.25, 0.3) is 0 Å². The van der Waals surface area contributed by atoms with E-state index in [9.17, 15) is 0 Å². The minimum absolute atomic E-state index is 0.182. The topological polar surface area (TPSA) is 77.4 Å². The summed E-state index contributed by atoms with van der Waals surface area (Å²) in [4.78, 5) is 0. The maximum absolute atomic E-state index is 8.74. The molecular weight excluding hydrogens is 1130 g/mol. The number of ether oxygens (including phenoxy) is 4. The van der Waals surface area contributed by atoms with Gasteiger partial charge in [0.15, 0.2) is 0 Å². The molecule has 2 saturated carbocycles. The number of benzene rings is 12. The van der Waals surface area contributed by atoms with Crippen LogP contribution >= 0.6 is 23.9 Å². The quantitative estimate of drug-likeness (QED) is 0.0807.